The Morgan fingerprint density at radius 2 is 1.21 bits per heavy atom. The Bertz CT molecular complexity index is 397. The molecule has 24 heavy (non-hydrogen) atoms. The number of hydrogen-bond acceptors (Lipinski definition) is 3. The molecule has 3 rings (SSSR count). The van der Waals surface area contributed by atoms with Gasteiger partial charge in [-0.05, 0) is 44.6 Å². The fourth-order valence-corrected chi connectivity index (χ4v) is 4.33. The van der Waals surface area contributed by atoms with E-state index in [1.807, 2.05) is 0 Å². The minimum absolute atomic E-state index is 0.485. The van der Waals surface area contributed by atoms with E-state index in [1.165, 1.54) is 96.3 Å². The van der Waals surface area contributed by atoms with Crippen LogP contribution in [0.1, 0.15) is 96.3 Å². The van der Waals surface area contributed by atoms with Crippen molar-refractivity contribution in [1.82, 2.24) is 10.6 Å². The monoisotopic (exact) mass is 329 g/mol. The molecule has 3 aliphatic carbocycles. The summed E-state index contributed by atoms with van der Waals surface area (Å²) in [6.45, 7) is 0. The zero-order valence-electron chi connectivity index (χ0n) is 15.3. The number of aliphatic imine (C=N–C) groups is 1. The summed E-state index contributed by atoms with van der Waals surface area (Å²) < 4.78 is 0. The van der Waals surface area contributed by atoms with E-state index in [0.717, 1.165) is 5.70 Å². The quantitative estimate of drug-likeness (QED) is 0.419. The molecule has 0 bridgehead atoms. The molecular weight excluding hydrogens is 294 g/mol. The molecule has 3 aliphatic rings. The third-order valence-electron chi connectivity index (χ3n) is 5.89. The van der Waals surface area contributed by atoms with E-state index >= 15 is 0 Å². The van der Waals surface area contributed by atoms with Gasteiger partial charge in [0.25, 0.3) is 0 Å². The smallest absolute Gasteiger partial charge is 0.0203 e. The van der Waals surface area contributed by atoms with Gasteiger partial charge in [0.15, 0.2) is 0 Å². The average molecular weight is 330 g/mol. The SMILES string of the molecule is [C-](=NC1CCCCC1)C(=[C-]NC1CCCCC1)NC1CCCCC1. The lowest BCUT2D eigenvalue weighted by Gasteiger charge is -2.38. The molecule has 0 unspecified atom stereocenters. The fourth-order valence-electron chi connectivity index (χ4n) is 4.33. The van der Waals surface area contributed by atoms with Gasteiger partial charge in [-0.25, -0.2) is 0 Å². The summed E-state index contributed by atoms with van der Waals surface area (Å²) in [7, 11) is 0. The van der Waals surface area contributed by atoms with Gasteiger partial charge in [0.2, 0.25) is 0 Å². The third kappa shape index (κ3) is 6.14. The molecule has 3 saturated carbocycles. The molecule has 0 aromatic heterocycles. The summed E-state index contributed by atoms with van der Waals surface area (Å²) in [5, 5.41) is 7.20. The zero-order chi connectivity index (χ0) is 16.5. The number of hydrogen-bond donors (Lipinski definition) is 2. The highest BCUT2D eigenvalue weighted by Crippen LogP contribution is 2.21. The number of nitrogens with one attached hydrogen (secondary N) is 2. The number of nitrogens with zero attached hydrogens (tertiary/aromatic N) is 1. The first-order valence-electron chi connectivity index (χ1n) is 10.5. The highest BCUT2D eigenvalue weighted by molar-refractivity contribution is 5.77. The van der Waals surface area contributed by atoms with E-state index in [1.54, 1.807) is 0 Å². The first-order valence-corrected chi connectivity index (χ1v) is 10.5. The molecule has 0 atom stereocenters. The molecule has 0 saturated heterocycles. The van der Waals surface area contributed by atoms with Gasteiger partial charge in [-0.3, -0.25) is 0 Å². The van der Waals surface area contributed by atoms with Crippen molar-refractivity contribution < 1.29 is 0 Å². The Hall–Kier alpha value is -0.990. The number of allylic oxidation sites excluding steroid dienone is 1. The van der Waals surface area contributed by atoms with Crippen LogP contribution < -0.4 is 10.6 Å². The molecule has 3 heteroatoms. The molecular formula is C21H35N3-2. The molecule has 0 amide bonds. The van der Waals surface area contributed by atoms with Crippen LogP contribution >= 0.6 is 0 Å². The second kappa shape index (κ2) is 10.1. The summed E-state index contributed by atoms with van der Waals surface area (Å²) in [5.74, 6) is 0. The second-order valence-corrected chi connectivity index (χ2v) is 7.99. The molecule has 2 N–H and O–H groups in total. The second-order valence-electron chi connectivity index (χ2n) is 7.99. The van der Waals surface area contributed by atoms with Crippen LogP contribution in [0.25, 0.3) is 0 Å². The molecule has 0 spiro atoms. The largest absolute Gasteiger partial charge is 0.565 e. The van der Waals surface area contributed by atoms with Crippen LogP contribution in [0.3, 0.4) is 0 Å². The zero-order valence-corrected chi connectivity index (χ0v) is 15.3. The van der Waals surface area contributed by atoms with Crippen LogP contribution in [-0.4, -0.2) is 24.3 Å². The highest BCUT2D eigenvalue weighted by atomic mass is 15.0. The molecule has 0 radical (unpaired) electrons. The number of rotatable bonds is 6. The van der Waals surface area contributed by atoms with Crippen LogP contribution in [-0.2, 0) is 0 Å². The Morgan fingerprint density at radius 3 is 1.83 bits per heavy atom. The van der Waals surface area contributed by atoms with Crippen molar-refractivity contribution in [2.45, 2.75) is 114 Å². The van der Waals surface area contributed by atoms with Crippen LogP contribution in [0.5, 0.6) is 0 Å². The van der Waals surface area contributed by atoms with E-state index in [4.69, 9.17) is 4.99 Å². The summed E-state index contributed by atoms with van der Waals surface area (Å²) in [5.41, 5.74) is 0.970. The highest BCUT2D eigenvalue weighted by Gasteiger charge is 2.11. The molecule has 136 valence electrons. The first-order chi connectivity index (χ1) is 11.9. The van der Waals surface area contributed by atoms with Gasteiger partial charge < -0.3 is 33.7 Å². The fraction of sp³-hybridized carbons (Fsp3) is 0.857. The predicted octanol–water partition coefficient (Wildman–Crippen LogP) is 4.76. The van der Waals surface area contributed by atoms with Gasteiger partial charge >= 0.3 is 0 Å². The van der Waals surface area contributed by atoms with Crippen LogP contribution in [0.4, 0.5) is 0 Å². The predicted molar refractivity (Wildman–Crippen MR) is 101 cm³/mol. The summed E-state index contributed by atoms with van der Waals surface area (Å²) in [6.07, 6.45) is 26.6. The summed E-state index contributed by atoms with van der Waals surface area (Å²) >= 11 is 0. The van der Waals surface area contributed by atoms with E-state index in [0.29, 0.717) is 18.1 Å². The molecule has 3 fully saturated rings. The first kappa shape index (κ1) is 17.8. The van der Waals surface area contributed by atoms with Crippen LogP contribution in [0.2, 0.25) is 0 Å². The van der Waals surface area contributed by atoms with Crippen molar-refractivity contribution >= 4 is 6.21 Å². The normalized spacial score (nSPS) is 25.9. The van der Waals surface area contributed by atoms with E-state index < -0.39 is 0 Å². The Balaban J connectivity index is 1.56. The minimum atomic E-state index is 0.485. The van der Waals surface area contributed by atoms with E-state index in [9.17, 15) is 0 Å². The lowest BCUT2D eigenvalue weighted by molar-refractivity contribution is 0.389. The average Bonchev–Trinajstić information content (AvgIpc) is 2.66. The van der Waals surface area contributed by atoms with Crippen molar-refractivity contribution in [3.8, 4) is 0 Å². The van der Waals surface area contributed by atoms with Gasteiger partial charge in [0.05, 0.1) is 0 Å². The molecule has 0 heterocycles. The summed E-state index contributed by atoms with van der Waals surface area (Å²) in [4.78, 5) is 4.76. The molecule has 0 aliphatic heterocycles. The van der Waals surface area contributed by atoms with Gasteiger partial charge in [-0.15, -0.1) is 0 Å². The van der Waals surface area contributed by atoms with E-state index in [2.05, 4.69) is 23.0 Å². The molecule has 3 nitrogen and oxygen atoms in total. The minimum Gasteiger partial charge on any atom is -0.565 e. The maximum Gasteiger partial charge on any atom is 0.0203 e. The lowest BCUT2D eigenvalue weighted by atomic mass is 9.95. The van der Waals surface area contributed by atoms with Gasteiger partial charge in [-0.1, -0.05) is 57.8 Å². The molecule has 0 aromatic carbocycles. The van der Waals surface area contributed by atoms with Crippen molar-refractivity contribution in [2.24, 2.45) is 4.99 Å². The van der Waals surface area contributed by atoms with Crippen molar-refractivity contribution in [1.29, 1.82) is 0 Å². The maximum absolute atomic E-state index is 4.76. The van der Waals surface area contributed by atoms with Crippen LogP contribution in [0.15, 0.2) is 10.7 Å². The van der Waals surface area contributed by atoms with Gasteiger partial charge in [0, 0.05) is 12.1 Å². The summed E-state index contributed by atoms with van der Waals surface area (Å²) in [6, 6.07) is 1.67. The van der Waals surface area contributed by atoms with Gasteiger partial charge in [-0.2, -0.15) is 0 Å². The lowest BCUT2D eigenvalue weighted by Crippen LogP contribution is -2.34. The molecule has 0 aromatic rings. The van der Waals surface area contributed by atoms with Crippen LogP contribution in [0, 0.1) is 6.20 Å². The maximum atomic E-state index is 4.76. The Morgan fingerprint density at radius 1 is 0.667 bits per heavy atom. The van der Waals surface area contributed by atoms with Gasteiger partial charge in [0.1, 0.15) is 0 Å². The van der Waals surface area contributed by atoms with E-state index in [-0.39, 0.29) is 0 Å². The Labute approximate surface area is 148 Å². The van der Waals surface area contributed by atoms with Crippen molar-refractivity contribution in [2.75, 3.05) is 0 Å². The third-order valence-corrected chi connectivity index (χ3v) is 5.89. The van der Waals surface area contributed by atoms with Crippen molar-refractivity contribution in [3.05, 3.63) is 11.9 Å². The Kier molecular flexibility index (Phi) is 7.50. The van der Waals surface area contributed by atoms with Crippen molar-refractivity contribution in [3.63, 3.8) is 0 Å². The standard InChI is InChI=1S/C21H35N3/c1-4-10-18(11-5-1)22-16-21(24-20-14-8-3-9-15-20)17-23-19-12-6-2-7-13-19/h18-20,22,24H,1-15H2/q-2. The topological polar surface area (TPSA) is 36.4 Å².